The molecule has 1 saturated carbocycles. The van der Waals surface area contributed by atoms with E-state index in [1.54, 1.807) is 0 Å². The highest BCUT2D eigenvalue weighted by Gasteiger charge is 2.39. The van der Waals surface area contributed by atoms with Gasteiger partial charge in [0.25, 0.3) is 0 Å². The Morgan fingerprint density at radius 1 is 0.911 bits per heavy atom. The Morgan fingerprint density at radius 3 is 2.33 bits per heavy atom. The summed E-state index contributed by atoms with van der Waals surface area (Å²) < 4.78 is 59.6. The van der Waals surface area contributed by atoms with Crippen molar-refractivity contribution in [2.24, 2.45) is 5.41 Å². The van der Waals surface area contributed by atoms with Crippen molar-refractivity contribution in [2.75, 3.05) is 26.2 Å². The van der Waals surface area contributed by atoms with Gasteiger partial charge in [-0.15, -0.1) is 0 Å². The lowest BCUT2D eigenvalue weighted by molar-refractivity contribution is 0.0450. The second kappa shape index (κ2) is 13.8. The number of fused-ring (bicyclic) bond motifs is 1. The van der Waals surface area contributed by atoms with Crippen LogP contribution in [0.15, 0.2) is 60.7 Å². The topological polar surface area (TPSA) is 33.7 Å². The van der Waals surface area contributed by atoms with E-state index >= 15 is 13.2 Å². The van der Waals surface area contributed by atoms with Crippen molar-refractivity contribution in [1.82, 2.24) is 10.2 Å². The first-order chi connectivity index (χ1) is 21.7. The van der Waals surface area contributed by atoms with Crippen LogP contribution >= 0.6 is 0 Å². The largest absolute Gasteiger partial charge is 0.490 e. The zero-order valence-corrected chi connectivity index (χ0v) is 26.7. The van der Waals surface area contributed by atoms with Crippen LogP contribution < -0.4 is 14.8 Å². The van der Waals surface area contributed by atoms with Crippen LogP contribution in [-0.2, 0) is 13.0 Å². The summed E-state index contributed by atoms with van der Waals surface area (Å²) in [4.78, 5) is 1.86. The molecular weight excluding hydrogens is 573 g/mol. The molecule has 0 aromatic heterocycles. The Labute approximate surface area is 266 Å². The maximum atomic E-state index is 16.1. The van der Waals surface area contributed by atoms with Crippen LogP contribution in [0.4, 0.5) is 13.2 Å². The van der Waals surface area contributed by atoms with E-state index in [0.29, 0.717) is 25.3 Å². The van der Waals surface area contributed by atoms with E-state index in [1.165, 1.54) is 45.2 Å². The maximum Gasteiger partial charge on any atom is 0.134 e. The fourth-order valence-electron chi connectivity index (χ4n) is 7.93. The predicted molar refractivity (Wildman–Crippen MR) is 173 cm³/mol. The van der Waals surface area contributed by atoms with E-state index in [-0.39, 0.29) is 29.4 Å². The van der Waals surface area contributed by atoms with E-state index in [0.717, 1.165) is 61.9 Å². The van der Waals surface area contributed by atoms with Crippen molar-refractivity contribution < 1.29 is 22.6 Å². The zero-order chi connectivity index (χ0) is 31.4. The van der Waals surface area contributed by atoms with Gasteiger partial charge in [0.05, 0.1) is 12.1 Å². The van der Waals surface area contributed by atoms with E-state index in [4.69, 9.17) is 9.47 Å². The van der Waals surface area contributed by atoms with Crippen LogP contribution in [0, 0.1) is 17.0 Å². The summed E-state index contributed by atoms with van der Waals surface area (Å²) in [5.41, 5.74) is 1.46. The summed E-state index contributed by atoms with van der Waals surface area (Å²) in [5, 5.41) is 3.50. The quantitative estimate of drug-likeness (QED) is 0.273. The van der Waals surface area contributed by atoms with Gasteiger partial charge in [-0.25, -0.2) is 13.2 Å². The average Bonchev–Trinajstić information content (AvgIpc) is 2.99. The number of hydrogen-bond donors (Lipinski definition) is 1. The van der Waals surface area contributed by atoms with Crippen LogP contribution in [0.25, 0.3) is 0 Å². The third-order valence-electron chi connectivity index (χ3n) is 9.91. The lowest BCUT2D eigenvalue weighted by Gasteiger charge is -2.42. The predicted octanol–water partition coefficient (Wildman–Crippen LogP) is 8.71. The molecule has 45 heavy (non-hydrogen) atoms. The minimum Gasteiger partial charge on any atom is -0.490 e. The van der Waals surface area contributed by atoms with Gasteiger partial charge in [-0.2, -0.15) is 0 Å². The van der Waals surface area contributed by atoms with Gasteiger partial charge in [-0.3, -0.25) is 4.90 Å². The fourth-order valence-corrected chi connectivity index (χ4v) is 7.93. The number of rotatable bonds is 8. The molecule has 3 aliphatic rings. The highest BCUT2D eigenvalue weighted by molar-refractivity contribution is 5.46. The summed E-state index contributed by atoms with van der Waals surface area (Å²) in [6.07, 6.45) is 9.33. The number of benzene rings is 3. The van der Waals surface area contributed by atoms with Gasteiger partial charge in [0, 0.05) is 30.8 Å². The molecule has 3 aromatic carbocycles. The standard InChI is InChI=1S/C38H47F3N2O2/c1-37(2,41)26-43-20-14-28-21-29(44-25-27-9-4-3-5-10-27)12-13-32(28)36(43)35-33(39)22-31(23-34(35)40)45-30-11-6-15-38(24-30)16-7-18-42-19-8-17-38/h3-5,9-10,12-13,21-23,30,36,42H,6-8,11,14-20,24-26H2,1-2H3. The SMILES string of the molecule is CC(C)(F)CN1CCc2cc(OCc3ccccc3)ccc2C1c1c(F)cc(OC2CCCC3(CCCNCCC3)C2)cc1F. The van der Waals surface area contributed by atoms with Crippen molar-refractivity contribution in [2.45, 2.75) is 96.1 Å². The monoisotopic (exact) mass is 620 g/mol. The number of alkyl halides is 1. The summed E-state index contributed by atoms with van der Waals surface area (Å²) in [5.74, 6) is -0.375. The van der Waals surface area contributed by atoms with Gasteiger partial charge >= 0.3 is 0 Å². The molecule has 242 valence electrons. The molecule has 2 aliphatic heterocycles. The molecule has 1 N–H and O–H groups in total. The molecule has 2 fully saturated rings. The van der Waals surface area contributed by atoms with Crippen LogP contribution in [0.5, 0.6) is 11.5 Å². The normalized spacial score (nSPS) is 22.3. The van der Waals surface area contributed by atoms with Crippen LogP contribution in [0.1, 0.15) is 93.5 Å². The Hall–Kier alpha value is -3.03. The van der Waals surface area contributed by atoms with Gasteiger partial charge in [-0.1, -0.05) is 36.4 Å². The van der Waals surface area contributed by atoms with E-state index in [2.05, 4.69) is 5.32 Å². The summed E-state index contributed by atoms with van der Waals surface area (Å²) in [7, 11) is 0. The lowest BCUT2D eigenvalue weighted by Crippen LogP contribution is -2.43. The van der Waals surface area contributed by atoms with Crippen LogP contribution in [-0.4, -0.2) is 42.9 Å². The van der Waals surface area contributed by atoms with Crippen molar-refractivity contribution in [3.05, 3.63) is 94.6 Å². The van der Waals surface area contributed by atoms with Crippen LogP contribution in [0.2, 0.25) is 0 Å². The molecule has 2 heterocycles. The van der Waals surface area contributed by atoms with E-state index in [1.807, 2.05) is 53.4 Å². The molecule has 1 spiro atoms. The molecular formula is C38H47F3N2O2. The minimum atomic E-state index is -1.53. The fraction of sp³-hybridized carbons (Fsp3) is 0.526. The zero-order valence-electron chi connectivity index (χ0n) is 26.7. The van der Waals surface area contributed by atoms with Crippen LogP contribution in [0.3, 0.4) is 0 Å². The Bertz CT molecular complexity index is 1410. The molecule has 1 saturated heterocycles. The minimum absolute atomic E-state index is 0.0515. The molecule has 3 aromatic rings. The first-order valence-corrected chi connectivity index (χ1v) is 16.8. The summed E-state index contributed by atoms with van der Waals surface area (Å²) >= 11 is 0. The van der Waals surface area contributed by atoms with Crippen molar-refractivity contribution in [1.29, 1.82) is 0 Å². The van der Waals surface area contributed by atoms with Gasteiger partial charge in [0.1, 0.15) is 35.4 Å². The number of ether oxygens (including phenoxy) is 2. The average molecular weight is 621 g/mol. The smallest absolute Gasteiger partial charge is 0.134 e. The van der Waals surface area contributed by atoms with Crippen molar-refractivity contribution in [3.8, 4) is 11.5 Å². The number of hydrogen-bond acceptors (Lipinski definition) is 4. The molecule has 0 radical (unpaired) electrons. The third kappa shape index (κ3) is 7.86. The maximum absolute atomic E-state index is 16.1. The lowest BCUT2D eigenvalue weighted by atomic mass is 9.67. The van der Waals surface area contributed by atoms with E-state index < -0.39 is 23.3 Å². The highest BCUT2D eigenvalue weighted by atomic mass is 19.1. The molecule has 7 heteroatoms. The summed E-state index contributed by atoms with van der Waals surface area (Å²) in [6.45, 7) is 6.07. The third-order valence-corrected chi connectivity index (χ3v) is 9.91. The second-order valence-electron chi connectivity index (χ2n) is 14.1. The molecule has 0 amide bonds. The Kier molecular flexibility index (Phi) is 9.76. The first kappa shape index (κ1) is 31.9. The number of nitrogens with zero attached hydrogens (tertiary/aromatic N) is 1. The second-order valence-corrected chi connectivity index (χ2v) is 14.1. The summed E-state index contributed by atoms with van der Waals surface area (Å²) in [6, 6.07) is 17.5. The van der Waals surface area contributed by atoms with Crippen molar-refractivity contribution in [3.63, 3.8) is 0 Å². The van der Waals surface area contributed by atoms with Crippen molar-refractivity contribution >= 4 is 0 Å². The highest BCUT2D eigenvalue weighted by Crippen LogP contribution is 2.46. The molecule has 1 aliphatic carbocycles. The molecule has 4 nitrogen and oxygen atoms in total. The first-order valence-electron chi connectivity index (χ1n) is 16.8. The molecule has 0 bridgehead atoms. The van der Waals surface area contributed by atoms with Gasteiger partial charge in [0.2, 0.25) is 0 Å². The van der Waals surface area contributed by atoms with Gasteiger partial charge in [-0.05, 0) is 119 Å². The Balaban J connectivity index is 1.25. The van der Waals surface area contributed by atoms with Gasteiger partial charge in [0.15, 0.2) is 0 Å². The molecule has 2 unspecified atom stereocenters. The Morgan fingerprint density at radius 2 is 1.62 bits per heavy atom. The molecule has 6 rings (SSSR count). The number of halogens is 3. The van der Waals surface area contributed by atoms with Gasteiger partial charge < -0.3 is 14.8 Å². The molecule has 2 atom stereocenters. The number of nitrogens with one attached hydrogen (secondary N) is 1. The van der Waals surface area contributed by atoms with E-state index in [9.17, 15) is 0 Å².